The van der Waals surface area contributed by atoms with E-state index < -0.39 is 17.8 Å². The van der Waals surface area contributed by atoms with Crippen LogP contribution in [0.3, 0.4) is 0 Å². The van der Waals surface area contributed by atoms with Crippen LogP contribution < -0.4 is 0 Å². The predicted molar refractivity (Wildman–Crippen MR) is 195 cm³/mol. The summed E-state index contributed by atoms with van der Waals surface area (Å²) in [6, 6.07) is 20.5. The minimum Gasteiger partial charge on any atom is -0.481 e. The van der Waals surface area contributed by atoms with Crippen LogP contribution in [0.25, 0.3) is 22.5 Å². The smallest absolute Gasteiger partial charge is 0.310 e. The first kappa shape index (κ1) is 34.7. The molecule has 6 rings (SSSR count). The van der Waals surface area contributed by atoms with Crippen molar-refractivity contribution in [3.8, 4) is 22.5 Å². The molecule has 1 saturated heterocycles. The van der Waals surface area contributed by atoms with Crippen LogP contribution in [0.4, 0.5) is 0 Å². The zero-order chi connectivity index (χ0) is 34.9. The highest BCUT2D eigenvalue weighted by atomic mass is 32.1. The lowest BCUT2D eigenvalue weighted by atomic mass is 9.71. The maximum Gasteiger partial charge on any atom is 0.310 e. The fraction of sp³-hybridized carbons (Fsp3) is 0.439. The molecule has 8 heteroatoms. The van der Waals surface area contributed by atoms with Crippen molar-refractivity contribution < 1.29 is 19.5 Å². The van der Waals surface area contributed by atoms with Crippen LogP contribution in [-0.2, 0) is 21.4 Å². The first-order valence-electron chi connectivity index (χ1n) is 17.4. The van der Waals surface area contributed by atoms with Gasteiger partial charge in [0.15, 0.2) is 11.6 Å². The van der Waals surface area contributed by atoms with E-state index in [1.807, 2.05) is 48.8 Å². The number of carbonyl (C=O) groups is 3. The molecule has 7 nitrogen and oxygen atoms in total. The summed E-state index contributed by atoms with van der Waals surface area (Å²) >= 11 is 1.48. The monoisotopic (exact) mass is 677 g/mol. The number of likely N-dealkylation sites (tertiary alicyclic amines) is 1. The van der Waals surface area contributed by atoms with E-state index in [0.717, 1.165) is 27.1 Å². The number of Topliss-reactive ketones (excluding diaryl/α,β-unsaturated/α-hetero) is 1. The zero-order valence-electron chi connectivity index (χ0n) is 29.2. The quantitative estimate of drug-likeness (QED) is 0.168. The number of carboxylic acid groups (broad SMARTS) is 1. The largest absolute Gasteiger partial charge is 0.481 e. The minimum absolute atomic E-state index is 0.0630. The Kier molecular flexibility index (Phi) is 9.90. The first-order valence-corrected chi connectivity index (χ1v) is 18.2. The summed E-state index contributed by atoms with van der Waals surface area (Å²) in [6.07, 6.45) is 9.22. The van der Waals surface area contributed by atoms with Crippen molar-refractivity contribution >= 4 is 29.0 Å². The van der Waals surface area contributed by atoms with Crippen LogP contribution in [0.1, 0.15) is 98.3 Å². The third-order valence-electron chi connectivity index (χ3n) is 10.3. The molecule has 2 aliphatic rings. The van der Waals surface area contributed by atoms with Gasteiger partial charge in [-0.3, -0.25) is 14.4 Å². The van der Waals surface area contributed by atoms with E-state index in [1.54, 1.807) is 4.90 Å². The van der Waals surface area contributed by atoms with Crippen LogP contribution in [-0.4, -0.2) is 50.7 Å². The maximum absolute atomic E-state index is 13.6. The highest BCUT2D eigenvalue weighted by Crippen LogP contribution is 2.42. The van der Waals surface area contributed by atoms with Crippen LogP contribution in [0.15, 0.2) is 73.1 Å². The van der Waals surface area contributed by atoms with Gasteiger partial charge in [-0.15, -0.1) is 11.3 Å². The Morgan fingerprint density at radius 3 is 2.06 bits per heavy atom. The highest BCUT2D eigenvalue weighted by molar-refractivity contribution is 7.14. The van der Waals surface area contributed by atoms with E-state index in [2.05, 4.69) is 68.9 Å². The molecule has 256 valence electrons. The van der Waals surface area contributed by atoms with Gasteiger partial charge in [0.25, 0.3) is 0 Å². The van der Waals surface area contributed by atoms with Crippen molar-refractivity contribution in [1.82, 2.24) is 14.9 Å². The lowest BCUT2D eigenvalue weighted by Crippen LogP contribution is -2.55. The van der Waals surface area contributed by atoms with E-state index in [-0.39, 0.29) is 36.6 Å². The zero-order valence-corrected chi connectivity index (χ0v) is 30.1. The Morgan fingerprint density at radius 1 is 0.878 bits per heavy atom. The van der Waals surface area contributed by atoms with Crippen molar-refractivity contribution in [3.05, 3.63) is 93.9 Å². The number of amides is 1. The number of aromatic nitrogens is 2. The number of carboxylic acids is 1. The van der Waals surface area contributed by atoms with E-state index in [0.29, 0.717) is 28.5 Å². The Morgan fingerprint density at radius 2 is 1.49 bits per heavy atom. The molecule has 1 amide bonds. The van der Waals surface area contributed by atoms with Gasteiger partial charge in [-0.1, -0.05) is 83.1 Å². The molecule has 4 aromatic rings. The molecule has 3 heterocycles. The van der Waals surface area contributed by atoms with Gasteiger partial charge in [0.05, 0.1) is 10.8 Å². The molecule has 2 aromatic carbocycles. The fourth-order valence-electron chi connectivity index (χ4n) is 6.92. The van der Waals surface area contributed by atoms with Crippen molar-refractivity contribution in [2.75, 3.05) is 13.1 Å². The molecule has 0 spiro atoms. The number of ketones is 1. The molecular weight excluding hydrogens is 631 g/mol. The molecule has 0 unspecified atom stereocenters. The van der Waals surface area contributed by atoms with Crippen molar-refractivity contribution in [1.29, 1.82) is 0 Å². The summed E-state index contributed by atoms with van der Waals surface area (Å²) in [6.45, 7) is 11.4. The molecule has 1 atom stereocenters. The second kappa shape index (κ2) is 14.0. The molecule has 2 fully saturated rings. The number of hydrogen-bond donors (Lipinski definition) is 1. The summed E-state index contributed by atoms with van der Waals surface area (Å²) in [5, 5.41) is 9.33. The molecule has 0 radical (unpaired) electrons. The number of carbonyl (C=O) groups excluding carboxylic acids is 2. The molecule has 1 aliphatic heterocycles. The summed E-state index contributed by atoms with van der Waals surface area (Å²) < 4.78 is 0. The fourth-order valence-corrected chi connectivity index (χ4v) is 7.93. The maximum atomic E-state index is 13.6. The van der Waals surface area contributed by atoms with Crippen molar-refractivity contribution in [2.45, 2.75) is 84.5 Å². The highest BCUT2D eigenvalue weighted by Gasteiger charge is 2.39. The number of aliphatic carboxylic acids is 1. The number of thiophene rings is 1. The van der Waals surface area contributed by atoms with Gasteiger partial charge >= 0.3 is 5.97 Å². The Hall–Kier alpha value is -4.17. The SMILES string of the molecule is CC1(C)CCC(c2ccc(-c3cnc(-c4ccc(C[C@H](CC(=O)c5ccc(C(C)(C)C)s5)C(=O)N5CC(C(=O)O)C5)cc4)nc3)cc2)CC1. The predicted octanol–water partition coefficient (Wildman–Crippen LogP) is 8.83. The average molecular weight is 678 g/mol. The standard InChI is InChI=1S/C41H47N3O4S/c1-40(2,3)36-15-14-35(49-36)34(45)21-31(38(46)44-24-33(25-44)39(47)48)20-26-6-8-30(9-7-26)37-42-22-32(23-43-37)28-12-10-27(11-13-28)29-16-18-41(4,5)19-17-29/h6-15,22-23,29,31,33H,16-21,24-25H2,1-5H3,(H,47,48)/t31-/m1/s1. The van der Waals surface area contributed by atoms with Crippen molar-refractivity contribution in [2.24, 2.45) is 17.3 Å². The topological polar surface area (TPSA) is 100 Å². The number of rotatable bonds is 10. The van der Waals surface area contributed by atoms with Gasteiger partial charge in [-0.25, -0.2) is 9.97 Å². The normalized spacial score (nSPS) is 17.4. The third kappa shape index (κ3) is 8.18. The van der Waals surface area contributed by atoms with Crippen LogP contribution in [0.2, 0.25) is 0 Å². The van der Waals surface area contributed by atoms with Gasteiger partial charge in [0.1, 0.15) is 0 Å². The van der Waals surface area contributed by atoms with Gasteiger partial charge in [-0.2, -0.15) is 0 Å². The first-order chi connectivity index (χ1) is 23.3. The molecule has 2 aromatic heterocycles. The summed E-state index contributed by atoms with van der Waals surface area (Å²) in [4.78, 5) is 51.0. The van der Waals surface area contributed by atoms with Gasteiger partial charge < -0.3 is 10.0 Å². The van der Waals surface area contributed by atoms with Gasteiger partial charge in [-0.05, 0) is 77.7 Å². The van der Waals surface area contributed by atoms with Gasteiger partial charge in [0, 0.05) is 53.8 Å². The van der Waals surface area contributed by atoms with E-state index in [1.165, 1.54) is 42.6 Å². The van der Waals surface area contributed by atoms with E-state index >= 15 is 0 Å². The van der Waals surface area contributed by atoms with Crippen LogP contribution in [0, 0.1) is 17.3 Å². The second-order valence-electron chi connectivity index (χ2n) is 15.8. The Labute approximate surface area is 293 Å². The Bertz CT molecular complexity index is 1790. The van der Waals surface area contributed by atoms with Crippen molar-refractivity contribution in [3.63, 3.8) is 0 Å². The third-order valence-corrected chi connectivity index (χ3v) is 11.9. The minimum atomic E-state index is -0.896. The molecule has 49 heavy (non-hydrogen) atoms. The molecule has 0 bridgehead atoms. The molecule has 1 N–H and O–H groups in total. The summed E-state index contributed by atoms with van der Waals surface area (Å²) in [7, 11) is 0. The lowest BCUT2D eigenvalue weighted by Gasteiger charge is -2.38. The van der Waals surface area contributed by atoms with Crippen LogP contribution >= 0.6 is 11.3 Å². The van der Waals surface area contributed by atoms with Gasteiger partial charge in [0.2, 0.25) is 5.91 Å². The number of nitrogens with zero attached hydrogens (tertiary/aromatic N) is 3. The lowest BCUT2D eigenvalue weighted by molar-refractivity contribution is -0.154. The average Bonchev–Trinajstić information content (AvgIpc) is 3.56. The number of hydrogen-bond acceptors (Lipinski definition) is 6. The molecule has 1 saturated carbocycles. The van der Waals surface area contributed by atoms with E-state index in [9.17, 15) is 19.5 Å². The summed E-state index contributed by atoms with van der Waals surface area (Å²) in [5.74, 6) is -1.00. The second-order valence-corrected chi connectivity index (χ2v) is 16.9. The van der Waals surface area contributed by atoms with E-state index in [4.69, 9.17) is 0 Å². The summed E-state index contributed by atoms with van der Waals surface area (Å²) in [5.41, 5.74) is 5.67. The Balaban J connectivity index is 1.12. The van der Waals surface area contributed by atoms with Crippen LogP contribution in [0.5, 0.6) is 0 Å². The number of benzene rings is 2. The molecular formula is C41H47N3O4S. The molecule has 1 aliphatic carbocycles.